The minimum absolute atomic E-state index is 0.0639. The Labute approximate surface area is 140 Å². The van der Waals surface area contributed by atoms with Crippen LogP contribution in [0.4, 0.5) is 5.69 Å². The van der Waals surface area contributed by atoms with Gasteiger partial charge in [0.2, 0.25) is 0 Å². The van der Waals surface area contributed by atoms with Gasteiger partial charge in [-0.3, -0.25) is 9.52 Å². The van der Waals surface area contributed by atoms with Gasteiger partial charge < -0.3 is 10.1 Å². The van der Waals surface area contributed by atoms with E-state index in [0.717, 1.165) is 12.0 Å². The van der Waals surface area contributed by atoms with E-state index in [1.54, 1.807) is 43.3 Å². The fourth-order valence-electron chi connectivity index (χ4n) is 2.63. The highest BCUT2D eigenvalue weighted by atomic mass is 32.2. The van der Waals surface area contributed by atoms with Crippen molar-refractivity contribution < 1.29 is 17.9 Å². The number of rotatable bonds is 5. The van der Waals surface area contributed by atoms with Gasteiger partial charge in [0.1, 0.15) is 10.6 Å². The summed E-state index contributed by atoms with van der Waals surface area (Å²) in [7, 11) is -3.82. The lowest BCUT2D eigenvalue weighted by atomic mass is 10.00. The number of fused-ring (bicyclic) bond motifs is 1. The molecule has 0 saturated heterocycles. The van der Waals surface area contributed by atoms with Gasteiger partial charge in [0.25, 0.3) is 15.9 Å². The third kappa shape index (κ3) is 3.21. The molecule has 2 aromatic rings. The van der Waals surface area contributed by atoms with Gasteiger partial charge >= 0.3 is 0 Å². The maximum absolute atomic E-state index is 12.7. The molecule has 3 rings (SSSR count). The lowest BCUT2D eigenvalue weighted by molar-refractivity contribution is 0.0946. The van der Waals surface area contributed by atoms with Crippen molar-refractivity contribution in [3.05, 3.63) is 53.6 Å². The van der Waals surface area contributed by atoms with Crippen LogP contribution < -0.4 is 14.8 Å². The summed E-state index contributed by atoms with van der Waals surface area (Å²) in [5, 5.41) is 2.75. The molecule has 0 saturated carbocycles. The number of amides is 1. The van der Waals surface area contributed by atoms with Gasteiger partial charge in [0, 0.05) is 17.8 Å². The van der Waals surface area contributed by atoms with Gasteiger partial charge in [0.15, 0.2) is 0 Å². The molecule has 1 aliphatic heterocycles. The summed E-state index contributed by atoms with van der Waals surface area (Å²) in [6.07, 6.45) is 0.737. The molecule has 2 N–H and O–H groups in total. The smallest absolute Gasteiger partial charge is 0.265 e. The maximum atomic E-state index is 12.7. The van der Waals surface area contributed by atoms with Crippen molar-refractivity contribution in [2.75, 3.05) is 17.9 Å². The minimum atomic E-state index is -3.82. The van der Waals surface area contributed by atoms with E-state index in [2.05, 4.69) is 10.0 Å². The first-order valence-electron chi connectivity index (χ1n) is 7.67. The number of sulfonamides is 1. The van der Waals surface area contributed by atoms with Crippen LogP contribution in [0.1, 0.15) is 22.8 Å². The van der Waals surface area contributed by atoms with Crippen LogP contribution in [0.2, 0.25) is 0 Å². The van der Waals surface area contributed by atoms with Crippen LogP contribution in [0.3, 0.4) is 0 Å². The molecular weight excluding hydrogens is 328 g/mol. The van der Waals surface area contributed by atoms with Gasteiger partial charge in [-0.15, -0.1) is 0 Å². The Morgan fingerprint density at radius 1 is 1.21 bits per heavy atom. The van der Waals surface area contributed by atoms with E-state index in [1.807, 2.05) is 0 Å². The number of hydrogen-bond donors (Lipinski definition) is 2. The van der Waals surface area contributed by atoms with Crippen molar-refractivity contribution in [1.82, 2.24) is 5.32 Å². The van der Waals surface area contributed by atoms with E-state index in [-0.39, 0.29) is 10.8 Å². The number of ether oxygens (including phenoxy) is 1. The molecule has 2 aromatic carbocycles. The van der Waals surface area contributed by atoms with Crippen LogP contribution in [0.15, 0.2) is 47.4 Å². The molecule has 0 fully saturated rings. The molecular formula is C17H18N2O4S. The molecule has 0 atom stereocenters. The summed E-state index contributed by atoms with van der Waals surface area (Å²) in [6.45, 7) is 2.75. The second kappa shape index (κ2) is 6.52. The maximum Gasteiger partial charge on any atom is 0.265 e. The van der Waals surface area contributed by atoms with Crippen molar-refractivity contribution >= 4 is 21.6 Å². The average Bonchev–Trinajstić information content (AvgIpc) is 2.56. The first-order valence-corrected chi connectivity index (χ1v) is 9.15. The summed E-state index contributed by atoms with van der Waals surface area (Å²) in [6, 6.07) is 11.4. The Morgan fingerprint density at radius 3 is 2.79 bits per heavy atom. The Kier molecular flexibility index (Phi) is 4.44. The first-order chi connectivity index (χ1) is 11.5. The predicted molar refractivity (Wildman–Crippen MR) is 90.9 cm³/mol. The SMILES string of the molecule is CCOc1ccccc1S(=O)(=O)Nc1ccc2c(c1)C(=O)NCC2. The van der Waals surface area contributed by atoms with Crippen molar-refractivity contribution in [1.29, 1.82) is 0 Å². The van der Waals surface area contributed by atoms with Gasteiger partial charge in [-0.1, -0.05) is 18.2 Å². The molecule has 0 aliphatic carbocycles. The van der Waals surface area contributed by atoms with E-state index in [4.69, 9.17) is 4.74 Å². The molecule has 0 radical (unpaired) electrons. The third-order valence-corrected chi connectivity index (χ3v) is 5.15. The lowest BCUT2D eigenvalue weighted by Gasteiger charge is -2.18. The van der Waals surface area contributed by atoms with Crippen LogP contribution in [-0.4, -0.2) is 27.5 Å². The van der Waals surface area contributed by atoms with Crippen LogP contribution in [-0.2, 0) is 16.4 Å². The van der Waals surface area contributed by atoms with E-state index in [9.17, 15) is 13.2 Å². The molecule has 6 nitrogen and oxygen atoms in total. The van der Waals surface area contributed by atoms with Crippen molar-refractivity contribution in [3.63, 3.8) is 0 Å². The Hall–Kier alpha value is -2.54. The van der Waals surface area contributed by atoms with Crippen LogP contribution in [0, 0.1) is 0 Å². The standard InChI is InChI=1S/C17H18N2O4S/c1-2-23-15-5-3-4-6-16(15)24(21,22)19-13-8-7-12-9-10-18-17(20)14(12)11-13/h3-8,11,19H,2,9-10H2,1H3,(H,18,20). The number of carbonyl (C=O) groups is 1. The highest BCUT2D eigenvalue weighted by Gasteiger charge is 2.21. The lowest BCUT2D eigenvalue weighted by Crippen LogP contribution is -2.31. The molecule has 0 unspecified atom stereocenters. The first kappa shape index (κ1) is 16.3. The fraction of sp³-hybridized carbons (Fsp3) is 0.235. The Bertz CT molecular complexity index is 878. The fourth-order valence-corrected chi connectivity index (χ4v) is 3.83. The summed E-state index contributed by atoms with van der Waals surface area (Å²) in [4.78, 5) is 12.0. The molecule has 24 heavy (non-hydrogen) atoms. The number of para-hydroxylation sites is 1. The molecule has 7 heteroatoms. The van der Waals surface area contributed by atoms with E-state index in [1.165, 1.54) is 6.07 Å². The highest BCUT2D eigenvalue weighted by molar-refractivity contribution is 7.92. The number of carbonyl (C=O) groups excluding carboxylic acids is 1. The molecule has 1 aliphatic rings. The summed E-state index contributed by atoms with van der Waals surface area (Å²) >= 11 is 0. The van der Waals surface area contributed by atoms with Crippen LogP contribution in [0.5, 0.6) is 5.75 Å². The predicted octanol–water partition coefficient (Wildman–Crippen LogP) is 2.17. The van der Waals surface area contributed by atoms with Gasteiger partial charge in [0.05, 0.1) is 6.61 Å². The molecule has 1 amide bonds. The molecule has 1 heterocycles. The van der Waals surface area contributed by atoms with Gasteiger partial charge in [-0.25, -0.2) is 8.42 Å². The molecule has 0 spiro atoms. The zero-order chi connectivity index (χ0) is 17.2. The number of benzene rings is 2. The highest BCUT2D eigenvalue weighted by Crippen LogP contribution is 2.27. The van der Waals surface area contributed by atoms with Crippen molar-refractivity contribution in [3.8, 4) is 5.75 Å². The van der Waals surface area contributed by atoms with E-state index >= 15 is 0 Å². The van der Waals surface area contributed by atoms with E-state index in [0.29, 0.717) is 30.2 Å². The second-order valence-electron chi connectivity index (χ2n) is 5.36. The molecule has 0 bridgehead atoms. The molecule has 0 aromatic heterocycles. The number of hydrogen-bond acceptors (Lipinski definition) is 4. The van der Waals surface area contributed by atoms with Gasteiger partial charge in [-0.2, -0.15) is 0 Å². The topological polar surface area (TPSA) is 84.5 Å². The quantitative estimate of drug-likeness (QED) is 0.869. The summed E-state index contributed by atoms with van der Waals surface area (Å²) in [5.74, 6) is 0.107. The monoisotopic (exact) mass is 346 g/mol. The average molecular weight is 346 g/mol. The van der Waals surface area contributed by atoms with Crippen LogP contribution >= 0.6 is 0 Å². The van der Waals surface area contributed by atoms with Crippen molar-refractivity contribution in [2.24, 2.45) is 0 Å². The number of anilines is 1. The zero-order valence-electron chi connectivity index (χ0n) is 13.2. The van der Waals surface area contributed by atoms with Crippen LogP contribution in [0.25, 0.3) is 0 Å². The number of nitrogens with one attached hydrogen (secondary N) is 2. The zero-order valence-corrected chi connectivity index (χ0v) is 14.0. The Morgan fingerprint density at radius 2 is 2.00 bits per heavy atom. The largest absolute Gasteiger partial charge is 0.492 e. The molecule has 126 valence electrons. The van der Waals surface area contributed by atoms with Gasteiger partial charge in [-0.05, 0) is 43.2 Å². The summed E-state index contributed by atoms with van der Waals surface area (Å²) in [5.41, 5.74) is 1.76. The third-order valence-electron chi connectivity index (χ3n) is 3.73. The second-order valence-corrected chi connectivity index (χ2v) is 7.01. The van der Waals surface area contributed by atoms with E-state index < -0.39 is 10.0 Å². The normalized spacial score (nSPS) is 13.8. The minimum Gasteiger partial charge on any atom is -0.492 e. The Balaban J connectivity index is 1.93. The summed E-state index contributed by atoms with van der Waals surface area (Å²) < 4.78 is 33.2. The van der Waals surface area contributed by atoms with Crippen molar-refractivity contribution in [2.45, 2.75) is 18.2 Å².